The maximum Gasteiger partial charge on any atom is 0.160 e. The minimum atomic E-state index is 0.195. The fourth-order valence-electron chi connectivity index (χ4n) is 3.36. The van der Waals surface area contributed by atoms with Gasteiger partial charge in [0.25, 0.3) is 0 Å². The molecule has 0 amide bonds. The summed E-state index contributed by atoms with van der Waals surface area (Å²) in [4.78, 5) is 2.54. The highest BCUT2D eigenvalue weighted by atomic mass is 35.5. The lowest BCUT2D eigenvalue weighted by Crippen LogP contribution is -2.37. The zero-order valence-corrected chi connectivity index (χ0v) is 15.0. The molecule has 0 aromatic heterocycles. The molecule has 128 valence electrons. The van der Waals surface area contributed by atoms with Crippen molar-refractivity contribution in [1.82, 2.24) is 4.90 Å². The van der Waals surface area contributed by atoms with Crippen molar-refractivity contribution in [3.05, 3.63) is 58.1 Å². The maximum absolute atomic E-state index is 9.69. The second kappa shape index (κ2) is 7.45. The number of hydrogen-bond acceptors (Lipinski definition) is 3. The predicted octanol–water partition coefficient (Wildman–Crippen LogP) is 4.43. The van der Waals surface area contributed by atoms with Crippen LogP contribution in [0.3, 0.4) is 0 Å². The van der Waals surface area contributed by atoms with Crippen molar-refractivity contribution in [1.29, 1.82) is 0 Å². The standard InChI is InChI=1S/C20H24ClNO2/c1-14(3-4-15-5-8-19(23)20(11-15)24-2)22-10-9-16-12-18(21)7-6-17(16)13-22/h5-8,11-12,14,23H,3-4,9-10,13H2,1-2H3. The molecule has 0 spiro atoms. The Kier molecular flexibility index (Phi) is 5.32. The molecule has 0 bridgehead atoms. The lowest BCUT2D eigenvalue weighted by molar-refractivity contribution is 0.182. The summed E-state index contributed by atoms with van der Waals surface area (Å²) >= 11 is 6.09. The second-order valence-electron chi connectivity index (χ2n) is 6.53. The van der Waals surface area contributed by atoms with E-state index in [4.69, 9.17) is 16.3 Å². The average molecular weight is 346 g/mol. The average Bonchev–Trinajstić information content (AvgIpc) is 2.60. The molecular weight excluding hydrogens is 322 g/mol. The fraction of sp³-hybridized carbons (Fsp3) is 0.400. The van der Waals surface area contributed by atoms with Crippen molar-refractivity contribution in [2.45, 2.75) is 38.8 Å². The Balaban J connectivity index is 1.60. The van der Waals surface area contributed by atoms with Crippen molar-refractivity contribution in [2.24, 2.45) is 0 Å². The first kappa shape index (κ1) is 17.1. The minimum absolute atomic E-state index is 0.195. The third kappa shape index (κ3) is 3.85. The van der Waals surface area contributed by atoms with E-state index in [2.05, 4.69) is 24.0 Å². The highest BCUT2D eigenvalue weighted by molar-refractivity contribution is 6.30. The molecule has 0 saturated heterocycles. The Morgan fingerprint density at radius 2 is 2.04 bits per heavy atom. The van der Waals surface area contributed by atoms with Crippen LogP contribution in [0.2, 0.25) is 5.02 Å². The summed E-state index contributed by atoms with van der Waals surface area (Å²) in [7, 11) is 1.58. The van der Waals surface area contributed by atoms with Crippen molar-refractivity contribution in [3.63, 3.8) is 0 Å². The first-order valence-corrected chi connectivity index (χ1v) is 8.82. The predicted molar refractivity (Wildman–Crippen MR) is 98.0 cm³/mol. The van der Waals surface area contributed by atoms with E-state index in [1.807, 2.05) is 18.2 Å². The van der Waals surface area contributed by atoms with Crippen LogP contribution in [0, 0.1) is 0 Å². The summed E-state index contributed by atoms with van der Waals surface area (Å²) in [6.45, 7) is 4.36. The van der Waals surface area contributed by atoms with E-state index in [9.17, 15) is 5.11 Å². The van der Waals surface area contributed by atoms with Gasteiger partial charge in [-0.3, -0.25) is 4.90 Å². The number of rotatable bonds is 5. The molecule has 1 unspecified atom stereocenters. The van der Waals surface area contributed by atoms with Gasteiger partial charge in [-0.2, -0.15) is 0 Å². The van der Waals surface area contributed by atoms with E-state index in [0.29, 0.717) is 11.8 Å². The molecule has 0 fully saturated rings. The van der Waals surface area contributed by atoms with Crippen molar-refractivity contribution >= 4 is 11.6 Å². The molecule has 3 nitrogen and oxygen atoms in total. The molecule has 0 aliphatic carbocycles. The molecule has 1 aliphatic rings. The Morgan fingerprint density at radius 3 is 2.83 bits per heavy atom. The maximum atomic E-state index is 9.69. The highest BCUT2D eigenvalue weighted by Gasteiger charge is 2.20. The molecule has 0 radical (unpaired) electrons. The first-order valence-electron chi connectivity index (χ1n) is 8.44. The van der Waals surface area contributed by atoms with E-state index in [0.717, 1.165) is 37.4 Å². The van der Waals surface area contributed by atoms with E-state index in [1.165, 1.54) is 16.7 Å². The Labute approximate surface area is 148 Å². The van der Waals surface area contributed by atoms with Gasteiger partial charge in [-0.05, 0) is 67.1 Å². The number of hydrogen-bond donors (Lipinski definition) is 1. The number of benzene rings is 2. The van der Waals surface area contributed by atoms with Gasteiger partial charge in [0.2, 0.25) is 0 Å². The molecule has 24 heavy (non-hydrogen) atoms. The monoisotopic (exact) mass is 345 g/mol. The molecular formula is C20H24ClNO2. The van der Waals surface area contributed by atoms with Gasteiger partial charge in [0.15, 0.2) is 11.5 Å². The number of aromatic hydroxyl groups is 1. The third-order valence-corrected chi connectivity index (χ3v) is 5.16. The highest BCUT2D eigenvalue weighted by Crippen LogP contribution is 2.28. The summed E-state index contributed by atoms with van der Waals surface area (Å²) in [5.74, 6) is 0.740. The SMILES string of the molecule is COc1cc(CCC(C)N2CCc3cc(Cl)ccc3C2)ccc1O. The summed E-state index contributed by atoms with van der Waals surface area (Å²) in [6, 6.07) is 12.3. The van der Waals surface area contributed by atoms with E-state index >= 15 is 0 Å². The quantitative estimate of drug-likeness (QED) is 0.869. The lowest BCUT2D eigenvalue weighted by atomic mass is 9.97. The topological polar surface area (TPSA) is 32.7 Å². The Morgan fingerprint density at radius 1 is 1.21 bits per heavy atom. The smallest absolute Gasteiger partial charge is 0.160 e. The minimum Gasteiger partial charge on any atom is -0.504 e. The lowest BCUT2D eigenvalue weighted by Gasteiger charge is -2.34. The number of phenols is 1. The van der Waals surface area contributed by atoms with Crippen LogP contribution in [0.1, 0.15) is 30.0 Å². The van der Waals surface area contributed by atoms with Gasteiger partial charge in [-0.15, -0.1) is 0 Å². The van der Waals surface area contributed by atoms with Crippen molar-refractivity contribution in [2.75, 3.05) is 13.7 Å². The molecule has 0 saturated carbocycles. The fourth-order valence-corrected chi connectivity index (χ4v) is 3.55. The summed E-state index contributed by atoms with van der Waals surface area (Å²) < 4.78 is 5.19. The van der Waals surface area contributed by atoms with Crippen LogP contribution in [-0.2, 0) is 19.4 Å². The third-order valence-electron chi connectivity index (χ3n) is 4.93. The number of fused-ring (bicyclic) bond motifs is 1. The van der Waals surface area contributed by atoms with Crippen LogP contribution in [0.15, 0.2) is 36.4 Å². The van der Waals surface area contributed by atoms with Gasteiger partial charge in [0.05, 0.1) is 7.11 Å². The molecule has 2 aromatic rings. The zero-order chi connectivity index (χ0) is 17.1. The molecule has 2 aromatic carbocycles. The molecule has 1 aliphatic heterocycles. The van der Waals surface area contributed by atoms with Gasteiger partial charge < -0.3 is 9.84 Å². The van der Waals surface area contributed by atoms with Gasteiger partial charge in [0, 0.05) is 24.2 Å². The number of halogens is 1. The summed E-state index contributed by atoms with van der Waals surface area (Å²) in [5, 5.41) is 10.5. The number of nitrogens with zero attached hydrogens (tertiary/aromatic N) is 1. The van der Waals surface area contributed by atoms with Crippen LogP contribution in [0.25, 0.3) is 0 Å². The van der Waals surface area contributed by atoms with E-state index in [1.54, 1.807) is 13.2 Å². The molecule has 3 rings (SSSR count). The van der Waals surface area contributed by atoms with Gasteiger partial charge in [0.1, 0.15) is 0 Å². The van der Waals surface area contributed by atoms with Gasteiger partial charge in [-0.25, -0.2) is 0 Å². The van der Waals surface area contributed by atoms with E-state index in [-0.39, 0.29) is 5.75 Å². The largest absolute Gasteiger partial charge is 0.504 e. The van der Waals surface area contributed by atoms with Gasteiger partial charge in [-0.1, -0.05) is 23.7 Å². The van der Waals surface area contributed by atoms with E-state index < -0.39 is 0 Å². The number of ether oxygens (including phenoxy) is 1. The van der Waals surface area contributed by atoms with Crippen LogP contribution in [0.4, 0.5) is 0 Å². The Hall–Kier alpha value is -1.71. The number of aryl methyl sites for hydroxylation is 1. The second-order valence-corrected chi connectivity index (χ2v) is 6.96. The summed E-state index contributed by atoms with van der Waals surface area (Å²) in [5.41, 5.74) is 3.97. The normalized spacial score (nSPS) is 15.8. The van der Waals surface area contributed by atoms with Gasteiger partial charge >= 0.3 is 0 Å². The molecule has 4 heteroatoms. The van der Waals surface area contributed by atoms with Crippen molar-refractivity contribution in [3.8, 4) is 11.5 Å². The van der Waals surface area contributed by atoms with Crippen LogP contribution < -0.4 is 4.74 Å². The first-order chi connectivity index (χ1) is 11.6. The zero-order valence-electron chi connectivity index (χ0n) is 14.3. The Bertz CT molecular complexity index is 717. The molecule has 1 atom stereocenters. The molecule has 1 heterocycles. The number of phenolic OH excluding ortho intramolecular Hbond substituents is 1. The summed E-state index contributed by atoms with van der Waals surface area (Å²) in [6.07, 6.45) is 3.12. The van der Waals surface area contributed by atoms with Crippen LogP contribution >= 0.6 is 11.6 Å². The van der Waals surface area contributed by atoms with Crippen molar-refractivity contribution < 1.29 is 9.84 Å². The van der Waals surface area contributed by atoms with Crippen LogP contribution in [0.5, 0.6) is 11.5 Å². The van der Waals surface area contributed by atoms with Crippen LogP contribution in [-0.4, -0.2) is 29.7 Å². The number of methoxy groups -OCH3 is 1. The molecule has 1 N–H and O–H groups in total.